The first kappa shape index (κ1) is 30.6. The van der Waals surface area contributed by atoms with Crippen molar-refractivity contribution >= 4 is 34.2 Å². The summed E-state index contributed by atoms with van der Waals surface area (Å²) in [6.07, 6.45) is 5.47. The number of aryl methyl sites for hydroxylation is 1. The Bertz CT molecular complexity index is 1580. The number of nitrogens with one attached hydrogen (secondary N) is 1. The van der Waals surface area contributed by atoms with Gasteiger partial charge in [0.1, 0.15) is 11.8 Å². The number of nitrogens with zero attached hydrogens (tertiary/aromatic N) is 7. The molecule has 0 aliphatic carbocycles. The predicted octanol–water partition coefficient (Wildman–Crippen LogP) is 4.32. The first-order valence-electron chi connectivity index (χ1n) is 15.5. The summed E-state index contributed by atoms with van der Waals surface area (Å²) >= 11 is 7.11. The number of rotatable bonds is 7. The van der Waals surface area contributed by atoms with E-state index in [0.29, 0.717) is 56.5 Å². The molecule has 1 N–H and O–H groups in total. The van der Waals surface area contributed by atoms with Gasteiger partial charge < -0.3 is 19.3 Å². The second kappa shape index (κ2) is 12.5. The van der Waals surface area contributed by atoms with Crippen molar-refractivity contribution in [2.24, 2.45) is 0 Å². The Morgan fingerprint density at radius 1 is 1.27 bits per heavy atom. The van der Waals surface area contributed by atoms with Crippen LogP contribution in [0.25, 0.3) is 22.0 Å². The molecule has 0 radical (unpaired) electrons. The lowest BCUT2D eigenvalue weighted by atomic mass is 9.91. The number of anilines is 1. The molecule has 3 saturated heterocycles. The summed E-state index contributed by atoms with van der Waals surface area (Å²) in [4.78, 5) is 18.9. The Morgan fingerprint density at radius 3 is 2.75 bits per heavy atom. The number of aromatic amines is 1. The van der Waals surface area contributed by atoms with Crippen molar-refractivity contribution in [1.82, 2.24) is 29.8 Å². The summed E-state index contributed by atoms with van der Waals surface area (Å²) in [6, 6.07) is 4.48. The van der Waals surface area contributed by atoms with Crippen molar-refractivity contribution < 1.29 is 14.3 Å². The molecule has 1 amide bonds. The fourth-order valence-corrected chi connectivity index (χ4v) is 7.28. The van der Waals surface area contributed by atoms with Gasteiger partial charge in [-0.15, -0.1) is 0 Å². The van der Waals surface area contributed by atoms with Crippen molar-refractivity contribution in [1.29, 1.82) is 5.26 Å². The van der Waals surface area contributed by atoms with Gasteiger partial charge in [-0.25, -0.2) is 4.68 Å². The van der Waals surface area contributed by atoms with Gasteiger partial charge >= 0.3 is 0 Å². The van der Waals surface area contributed by atoms with Gasteiger partial charge in [-0.3, -0.25) is 14.8 Å². The zero-order valence-corrected chi connectivity index (χ0v) is 26.6. The van der Waals surface area contributed by atoms with Gasteiger partial charge in [-0.05, 0) is 50.8 Å². The van der Waals surface area contributed by atoms with Crippen molar-refractivity contribution in [3.8, 4) is 17.2 Å². The molecule has 44 heavy (non-hydrogen) atoms. The van der Waals surface area contributed by atoms with Crippen molar-refractivity contribution in [3.05, 3.63) is 41.2 Å². The number of likely N-dealkylation sites (tertiary alicyclic amines) is 1. The molecule has 5 heterocycles. The zero-order chi connectivity index (χ0) is 31.0. The number of carbonyl (C=O) groups is 1. The summed E-state index contributed by atoms with van der Waals surface area (Å²) in [5, 5.41) is 24.9. The van der Waals surface area contributed by atoms with Crippen LogP contribution in [-0.4, -0.2) is 106 Å². The quantitative estimate of drug-likeness (QED) is 0.389. The molecule has 3 fully saturated rings. The number of benzene rings is 1. The van der Waals surface area contributed by atoms with Crippen LogP contribution in [0.1, 0.15) is 50.4 Å². The molecule has 3 aromatic rings. The number of piperidine rings is 1. The summed E-state index contributed by atoms with van der Waals surface area (Å²) in [5.74, 6) is 0.698. The maximum absolute atomic E-state index is 12.3. The first-order valence-corrected chi connectivity index (χ1v) is 15.9. The van der Waals surface area contributed by atoms with Gasteiger partial charge in [-0.2, -0.15) is 15.5 Å². The predicted molar refractivity (Wildman–Crippen MR) is 170 cm³/mol. The molecule has 1 aromatic carbocycles. The van der Waals surface area contributed by atoms with Gasteiger partial charge in [0.15, 0.2) is 5.82 Å². The first-order chi connectivity index (χ1) is 21.3. The monoisotopic (exact) mass is 620 g/mol. The number of hydrogen-bond acceptors (Lipinski definition) is 8. The van der Waals surface area contributed by atoms with Crippen LogP contribution < -0.4 is 4.90 Å². The largest absolute Gasteiger partial charge is 0.376 e. The van der Waals surface area contributed by atoms with Crippen LogP contribution in [0, 0.1) is 18.3 Å². The summed E-state index contributed by atoms with van der Waals surface area (Å²) in [7, 11) is 0. The molecular formula is C32H41ClN8O3. The Kier molecular flexibility index (Phi) is 8.70. The molecule has 3 aliphatic heterocycles. The molecule has 0 unspecified atom stereocenters. The standard InChI is InChI=1S/C32H41ClN8O3/c1-5-27(42)39-9-7-22(8-10-39)41-26(16-34)29(28-24-17-35-36-25(24)15-21(3)30(28)33)31(37-41)40-12-11-38(20-32(40,4)6-2)18-23-19-43-13-14-44-23/h5,15,17,22-23H,1,6-14,18-20H2,2-4H3,(H,35,36)/t23-,32+/m1/s1. The van der Waals surface area contributed by atoms with Crippen molar-refractivity contribution in [3.63, 3.8) is 0 Å². The molecule has 6 rings (SSSR count). The van der Waals surface area contributed by atoms with Crippen LogP contribution in [-0.2, 0) is 14.3 Å². The SMILES string of the molecule is C=CC(=O)N1CCC(n2nc(N3CCN(C[C@@H]4COCCO4)C[C@]3(C)CC)c(-c3c(Cl)c(C)cc4[nH]ncc34)c2C#N)CC1. The minimum absolute atomic E-state index is 0.0351. The van der Waals surface area contributed by atoms with E-state index in [-0.39, 0.29) is 23.6 Å². The van der Waals surface area contributed by atoms with E-state index in [1.54, 1.807) is 6.20 Å². The number of carbonyl (C=O) groups excluding carboxylic acids is 1. The van der Waals surface area contributed by atoms with Gasteiger partial charge in [0.25, 0.3) is 0 Å². The van der Waals surface area contributed by atoms with Gasteiger partial charge in [-0.1, -0.05) is 25.1 Å². The number of hydrogen-bond donors (Lipinski definition) is 1. The van der Waals surface area contributed by atoms with E-state index >= 15 is 0 Å². The number of piperazine rings is 1. The van der Waals surface area contributed by atoms with Gasteiger partial charge in [0.2, 0.25) is 5.91 Å². The van der Waals surface area contributed by atoms with Gasteiger partial charge in [0.05, 0.1) is 59.8 Å². The maximum atomic E-state index is 12.3. The third kappa shape index (κ3) is 5.49. The number of amides is 1. The van der Waals surface area contributed by atoms with E-state index in [0.717, 1.165) is 66.0 Å². The second-order valence-electron chi connectivity index (χ2n) is 12.4. The number of halogens is 1. The van der Waals surface area contributed by atoms with Crippen LogP contribution in [0.2, 0.25) is 5.02 Å². The minimum atomic E-state index is -0.264. The lowest BCUT2D eigenvalue weighted by molar-refractivity contribution is -0.127. The lowest BCUT2D eigenvalue weighted by Gasteiger charge is -2.50. The zero-order valence-electron chi connectivity index (χ0n) is 25.8. The average molecular weight is 621 g/mol. The van der Waals surface area contributed by atoms with Crippen LogP contribution in [0.3, 0.4) is 0 Å². The molecule has 234 valence electrons. The normalized spacial score (nSPS) is 23.7. The van der Waals surface area contributed by atoms with E-state index in [1.807, 2.05) is 22.6 Å². The Labute approximate surface area is 263 Å². The number of fused-ring (bicyclic) bond motifs is 1. The second-order valence-corrected chi connectivity index (χ2v) is 12.8. The van der Waals surface area contributed by atoms with E-state index in [4.69, 9.17) is 26.2 Å². The fraction of sp³-hybridized carbons (Fsp3) is 0.562. The summed E-state index contributed by atoms with van der Waals surface area (Å²) in [6.45, 7) is 16.4. The highest BCUT2D eigenvalue weighted by Gasteiger charge is 2.42. The molecular weight excluding hydrogens is 580 g/mol. The maximum Gasteiger partial charge on any atom is 0.245 e. The van der Waals surface area contributed by atoms with Gasteiger partial charge in [0, 0.05) is 50.2 Å². The number of H-pyrrole nitrogens is 1. The molecule has 3 aliphatic rings. The Balaban J connectivity index is 1.44. The molecule has 0 saturated carbocycles. The van der Waals surface area contributed by atoms with E-state index in [2.05, 4.69) is 46.5 Å². The lowest BCUT2D eigenvalue weighted by Crippen LogP contribution is -2.62. The Hall–Kier alpha value is -3.43. The summed E-state index contributed by atoms with van der Waals surface area (Å²) < 4.78 is 13.5. The van der Waals surface area contributed by atoms with Crippen LogP contribution in [0.4, 0.5) is 5.82 Å². The van der Waals surface area contributed by atoms with Crippen molar-refractivity contribution in [2.75, 3.05) is 64.0 Å². The highest BCUT2D eigenvalue weighted by molar-refractivity contribution is 6.36. The fourth-order valence-electron chi connectivity index (χ4n) is 7.03. The smallest absolute Gasteiger partial charge is 0.245 e. The third-order valence-corrected chi connectivity index (χ3v) is 10.1. The van der Waals surface area contributed by atoms with Crippen LogP contribution >= 0.6 is 11.6 Å². The highest BCUT2D eigenvalue weighted by atomic mass is 35.5. The van der Waals surface area contributed by atoms with Crippen LogP contribution in [0.5, 0.6) is 0 Å². The summed E-state index contributed by atoms with van der Waals surface area (Å²) in [5.41, 5.74) is 3.50. The average Bonchev–Trinajstić information content (AvgIpc) is 3.66. The molecule has 0 spiro atoms. The minimum Gasteiger partial charge on any atom is -0.376 e. The highest BCUT2D eigenvalue weighted by Crippen LogP contribution is 2.46. The molecule has 2 aromatic heterocycles. The Morgan fingerprint density at radius 2 is 2.07 bits per heavy atom. The van der Waals surface area contributed by atoms with E-state index < -0.39 is 0 Å². The number of aromatic nitrogens is 4. The third-order valence-electron chi connectivity index (χ3n) is 9.63. The number of nitriles is 1. The molecule has 0 bridgehead atoms. The number of ether oxygens (including phenoxy) is 2. The molecule has 2 atom stereocenters. The van der Waals surface area contributed by atoms with Crippen LogP contribution in [0.15, 0.2) is 24.9 Å². The topological polar surface area (TPSA) is 116 Å². The molecule has 11 nitrogen and oxygen atoms in total. The van der Waals surface area contributed by atoms with E-state index in [9.17, 15) is 10.1 Å². The molecule has 12 heteroatoms. The van der Waals surface area contributed by atoms with E-state index in [1.165, 1.54) is 6.08 Å². The van der Waals surface area contributed by atoms with Crippen molar-refractivity contribution in [2.45, 2.75) is 57.7 Å².